The van der Waals surface area contributed by atoms with E-state index in [0.717, 1.165) is 0 Å². The van der Waals surface area contributed by atoms with Crippen LogP contribution in [0.25, 0.3) is 0 Å². The predicted molar refractivity (Wildman–Crippen MR) is 49.6 cm³/mol. The Hall–Kier alpha value is -1.32. The lowest BCUT2D eigenvalue weighted by Crippen LogP contribution is -2.40. The number of fused-ring (bicyclic) bond motifs is 1. The molecule has 76 valence electrons. The average molecular weight is 195 g/mol. The van der Waals surface area contributed by atoms with Crippen LogP contribution in [0.5, 0.6) is 0 Å². The van der Waals surface area contributed by atoms with E-state index in [2.05, 4.69) is 0 Å². The third-order valence-corrected chi connectivity index (χ3v) is 3.02. The van der Waals surface area contributed by atoms with Gasteiger partial charge >= 0.3 is 5.97 Å². The minimum absolute atomic E-state index is 0.0880. The van der Waals surface area contributed by atoms with E-state index in [9.17, 15) is 9.59 Å². The van der Waals surface area contributed by atoms with E-state index in [4.69, 9.17) is 5.11 Å². The number of nitrogens with zero attached hydrogens (tertiary/aromatic N) is 1. The maximum absolute atomic E-state index is 11.4. The summed E-state index contributed by atoms with van der Waals surface area (Å²) in [6.07, 6.45) is 5.49. The van der Waals surface area contributed by atoms with Gasteiger partial charge in [-0.3, -0.25) is 9.59 Å². The highest BCUT2D eigenvalue weighted by Gasteiger charge is 2.39. The summed E-state index contributed by atoms with van der Waals surface area (Å²) in [4.78, 5) is 24.1. The summed E-state index contributed by atoms with van der Waals surface area (Å²) >= 11 is 0. The Balaban J connectivity index is 2.23. The molecule has 0 radical (unpaired) electrons. The third kappa shape index (κ3) is 1.41. The van der Waals surface area contributed by atoms with Gasteiger partial charge in [-0.1, -0.05) is 12.2 Å². The van der Waals surface area contributed by atoms with Crippen molar-refractivity contribution in [2.75, 3.05) is 6.54 Å². The average Bonchev–Trinajstić information content (AvgIpc) is 2.38. The summed E-state index contributed by atoms with van der Waals surface area (Å²) in [6, 6.07) is -0.0880. The summed E-state index contributed by atoms with van der Waals surface area (Å²) < 4.78 is 0. The second kappa shape index (κ2) is 3.44. The van der Waals surface area contributed by atoms with Gasteiger partial charge in [0.15, 0.2) is 0 Å². The monoisotopic (exact) mass is 195 g/mol. The van der Waals surface area contributed by atoms with Crippen molar-refractivity contribution in [1.29, 1.82) is 0 Å². The molecular weight excluding hydrogens is 182 g/mol. The van der Waals surface area contributed by atoms with Crippen molar-refractivity contribution < 1.29 is 14.7 Å². The zero-order valence-electron chi connectivity index (χ0n) is 7.85. The summed E-state index contributed by atoms with van der Waals surface area (Å²) in [6.45, 7) is 0.577. The lowest BCUT2D eigenvalue weighted by molar-refractivity contribution is -0.144. The molecule has 0 aromatic rings. The molecule has 4 heteroatoms. The van der Waals surface area contributed by atoms with E-state index in [1.807, 2.05) is 12.2 Å². The molecule has 1 saturated heterocycles. The third-order valence-electron chi connectivity index (χ3n) is 3.02. The molecule has 0 aromatic carbocycles. The molecule has 1 fully saturated rings. The maximum atomic E-state index is 11.4. The number of hydrogen-bond acceptors (Lipinski definition) is 2. The number of carbonyl (C=O) groups is 2. The fourth-order valence-electron chi connectivity index (χ4n) is 2.26. The fraction of sp³-hybridized carbons (Fsp3) is 0.600. The highest BCUT2D eigenvalue weighted by molar-refractivity contribution is 5.81. The molecule has 2 aliphatic rings. The van der Waals surface area contributed by atoms with Crippen LogP contribution in [0.15, 0.2) is 12.2 Å². The number of allylic oxidation sites excluding steroid dienone is 1. The van der Waals surface area contributed by atoms with Crippen LogP contribution in [0.3, 0.4) is 0 Å². The van der Waals surface area contributed by atoms with Gasteiger partial charge in [-0.05, 0) is 12.8 Å². The SMILES string of the molecule is O=C(O)[C@H]1CC=CCN2C(=O)CC[C@@H]12. The van der Waals surface area contributed by atoms with Crippen molar-refractivity contribution in [2.24, 2.45) is 5.92 Å². The predicted octanol–water partition coefficient (Wildman–Crippen LogP) is 0.638. The van der Waals surface area contributed by atoms with E-state index in [0.29, 0.717) is 25.8 Å². The first kappa shape index (κ1) is 9.24. The molecule has 2 rings (SSSR count). The normalized spacial score (nSPS) is 31.4. The molecule has 0 aliphatic carbocycles. The molecule has 0 saturated carbocycles. The van der Waals surface area contributed by atoms with Crippen LogP contribution in [0.1, 0.15) is 19.3 Å². The van der Waals surface area contributed by atoms with E-state index in [-0.39, 0.29) is 11.9 Å². The van der Waals surface area contributed by atoms with Crippen LogP contribution in [-0.4, -0.2) is 34.5 Å². The minimum atomic E-state index is -0.791. The van der Waals surface area contributed by atoms with Crippen LogP contribution in [0, 0.1) is 5.92 Å². The molecule has 2 heterocycles. The van der Waals surface area contributed by atoms with Gasteiger partial charge in [0, 0.05) is 19.0 Å². The van der Waals surface area contributed by atoms with E-state index < -0.39 is 11.9 Å². The van der Waals surface area contributed by atoms with Crippen molar-refractivity contribution in [3.8, 4) is 0 Å². The molecule has 2 atom stereocenters. The van der Waals surface area contributed by atoms with E-state index in [1.165, 1.54) is 0 Å². The van der Waals surface area contributed by atoms with Crippen LogP contribution in [0.4, 0.5) is 0 Å². The van der Waals surface area contributed by atoms with Gasteiger partial charge < -0.3 is 10.0 Å². The fourth-order valence-corrected chi connectivity index (χ4v) is 2.26. The van der Waals surface area contributed by atoms with Crippen LogP contribution in [0.2, 0.25) is 0 Å². The first-order chi connectivity index (χ1) is 6.70. The first-order valence-electron chi connectivity index (χ1n) is 4.87. The smallest absolute Gasteiger partial charge is 0.308 e. The Morgan fingerprint density at radius 3 is 3.00 bits per heavy atom. The highest BCUT2D eigenvalue weighted by Crippen LogP contribution is 2.29. The van der Waals surface area contributed by atoms with Gasteiger partial charge in [-0.25, -0.2) is 0 Å². The lowest BCUT2D eigenvalue weighted by atomic mass is 9.95. The van der Waals surface area contributed by atoms with Crippen molar-refractivity contribution in [3.05, 3.63) is 12.2 Å². The summed E-state index contributed by atoms with van der Waals surface area (Å²) in [5, 5.41) is 9.02. The minimum Gasteiger partial charge on any atom is -0.481 e. The Labute approximate surface area is 82.2 Å². The zero-order valence-corrected chi connectivity index (χ0v) is 7.85. The molecule has 1 N–H and O–H groups in total. The zero-order chi connectivity index (χ0) is 10.1. The van der Waals surface area contributed by atoms with Gasteiger partial charge in [-0.15, -0.1) is 0 Å². The van der Waals surface area contributed by atoms with Crippen molar-refractivity contribution in [2.45, 2.75) is 25.3 Å². The highest BCUT2D eigenvalue weighted by atomic mass is 16.4. The molecule has 14 heavy (non-hydrogen) atoms. The summed E-state index contributed by atoms with van der Waals surface area (Å²) in [5.74, 6) is -1.12. The number of carboxylic acids is 1. The molecule has 0 aromatic heterocycles. The van der Waals surface area contributed by atoms with Crippen LogP contribution >= 0.6 is 0 Å². The van der Waals surface area contributed by atoms with E-state index >= 15 is 0 Å². The summed E-state index contributed by atoms with van der Waals surface area (Å²) in [7, 11) is 0. The van der Waals surface area contributed by atoms with Gasteiger partial charge in [0.05, 0.1) is 5.92 Å². The second-order valence-electron chi connectivity index (χ2n) is 3.80. The van der Waals surface area contributed by atoms with E-state index in [1.54, 1.807) is 4.90 Å². The largest absolute Gasteiger partial charge is 0.481 e. The Morgan fingerprint density at radius 1 is 1.50 bits per heavy atom. The Bertz CT molecular complexity index is 298. The molecular formula is C10H13NO3. The standard InChI is InChI=1S/C10H13NO3/c12-9-5-4-8-7(10(13)14)3-1-2-6-11(8)9/h1-2,7-8H,3-6H2,(H,13,14)/t7-,8-/m0/s1. The van der Waals surface area contributed by atoms with Crippen molar-refractivity contribution in [3.63, 3.8) is 0 Å². The number of hydrogen-bond donors (Lipinski definition) is 1. The number of aliphatic carboxylic acids is 1. The summed E-state index contributed by atoms with van der Waals surface area (Å²) in [5.41, 5.74) is 0. The molecule has 1 amide bonds. The van der Waals surface area contributed by atoms with Crippen LogP contribution < -0.4 is 0 Å². The number of carboxylic acid groups (broad SMARTS) is 1. The van der Waals surface area contributed by atoms with Crippen molar-refractivity contribution in [1.82, 2.24) is 4.90 Å². The number of rotatable bonds is 1. The number of carbonyl (C=O) groups excluding carboxylic acids is 1. The first-order valence-corrected chi connectivity index (χ1v) is 4.87. The Kier molecular flexibility index (Phi) is 2.27. The van der Waals surface area contributed by atoms with Gasteiger partial charge in [0.25, 0.3) is 0 Å². The molecule has 4 nitrogen and oxygen atoms in total. The topological polar surface area (TPSA) is 57.6 Å². The maximum Gasteiger partial charge on any atom is 0.308 e. The second-order valence-corrected chi connectivity index (χ2v) is 3.80. The van der Waals surface area contributed by atoms with Crippen molar-refractivity contribution >= 4 is 11.9 Å². The Morgan fingerprint density at radius 2 is 2.29 bits per heavy atom. The lowest BCUT2D eigenvalue weighted by Gasteiger charge is -2.25. The molecule has 0 spiro atoms. The number of amides is 1. The molecule has 0 unspecified atom stereocenters. The van der Waals surface area contributed by atoms with Gasteiger partial charge in [0.1, 0.15) is 0 Å². The van der Waals surface area contributed by atoms with Crippen LogP contribution in [-0.2, 0) is 9.59 Å². The van der Waals surface area contributed by atoms with Gasteiger partial charge in [0.2, 0.25) is 5.91 Å². The molecule has 0 bridgehead atoms. The molecule has 2 aliphatic heterocycles. The quantitative estimate of drug-likeness (QED) is 0.624. The van der Waals surface area contributed by atoms with Gasteiger partial charge in [-0.2, -0.15) is 0 Å².